The summed E-state index contributed by atoms with van der Waals surface area (Å²) in [6.07, 6.45) is -4.05. The van der Waals surface area contributed by atoms with Crippen molar-refractivity contribution in [2.75, 3.05) is 24.2 Å². The Balaban J connectivity index is 2.74. The zero-order chi connectivity index (χ0) is 14.5. The fraction of sp³-hybridized carbons (Fsp3) is 0.500. The Labute approximate surface area is 107 Å². The molecule has 106 valence electrons. The van der Waals surface area contributed by atoms with Crippen molar-refractivity contribution in [3.8, 4) is 0 Å². The van der Waals surface area contributed by atoms with Crippen LogP contribution in [0.3, 0.4) is 0 Å². The molecule has 19 heavy (non-hydrogen) atoms. The smallest absolute Gasteiger partial charge is 0.373 e. The Morgan fingerprint density at radius 2 is 2.00 bits per heavy atom. The van der Waals surface area contributed by atoms with Crippen LogP contribution >= 0.6 is 0 Å². The van der Waals surface area contributed by atoms with E-state index in [0.29, 0.717) is 13.0 Å². The van der Waals surface area contributed by atoms with Crippen molar-refractivity contribution in [3.05, 3.63) is 11.9 Å². The summed E-state index contributed by atoms with van der Waals surface area (Å²) in [6, 6.07) is 1.35. The number of nitrogens with one attached hydrogen (secondary N) is 2. The monoisotopic (exact) mass is 277 g/mol. The number of aromatic nitrogens is 2. The van der Waals surface area contributed by atoms with Gasteiger partial charge in [-0.3, -0.25) is 4.79 Å². The molecule has 0 unspecified atom stereocenters. The highest BCUT2D eigenvalue weighted by molar-refractivity contribution is 5.73. The number of carbonyl (C=O) groups is 1. The van der Waals surface area contributed by atoms with Crippen LogP contribution in [0.25, 0.3) is 0 Å². The van der Waals surface area contributed by atoms with Crippen molar-refractivity contribution in [1.82, 2.24) is 9.97 Å². The Bertz CT molecular complexity index is 449. The third-order valence-corrected chi connectivity index (χ3v) is 2.14. The summed E-state index contributed by atoms with van der Waals surface area (Å²) in [5.41, 5.74) is 4.95. The first-order valence-corrected chi connectivity index (χ1v) is 5.49. The minimum atomic E-state index is -4.61. The van der Waals surface area contributed by atoms with Crippen LogP contribution in [0.5, 0.6) is 0 Å². The van der Waals surface area contributed by atoms with Crippen LogP contribution in [0.15, 0.2) is 6.07 Å². The van der Waals surface area contributed by atoms with Gasteiger partial charge in [-0.15, -0.1) is 0 Å². The van der Waals surface area contributed by atoms with Crippen molar-refractivity contribution in [2.24, 2.45) is 5.73 Å². The van der Waals surface area contributed by atoms with Crippen molar-refractivity contribution in [1.29, 1.82) is 0 Å². The van der Waals surface area contributed by atoms with Crippen molar-refractivity contribution in [2.45, 2.75) is 19.0 Å². The molecule has 0 bridgehead atoms. The van der Waals surface area contributed by atoms with Crippen molar-refractivity contribution < 1.29 is 18.0 Å². The molecule has 0 aliphatic heterocycles. The van der Waals surface area contributed by atoms with E-state index >= 15 is 0 Å². The Morgan fingerprint density at radius 1 is 1.37 bits per heavy atom. The molecule has 9 heteroatoms. The number of primary amides is 1. The summed E-state index contributed by atoms with van der Waals surface area (Å²) in [7, 11) is 1.46. The van der Waals surface area contributed by atoms with E-state index < -0.39 is 17.9 Å². The van der Waals surface area contributed by atoms with Gasteiger partial charge in [0, 0.05) is 26.1 Å². The minimum absolute atomic E-state index is 0.0381. The lowest BCUT2D eigenvalue weighted by Crippen LogP contribution is -2.16. The number of alkyl halides is 3. The number of nitrogens with two attached hydrogens (primary N) is 1. The quantitative estimate of drug-likeness (QED) is 0.680. The summed E-state index contributed by atoms with van der Waals surface area (Å²) in [4.78, 5) is 17.2. The van der Waals surface area contributed by atoms with E-state index in [1.54, 1.807) is 0 Å². The van der Waals surface area contributed by atoms with Crippen LogP contribution < -0.4 is 16.4 Å². The van der Waals surface area contributed by atoms with Crippen molar-refractivity contribution >= 4 is 17.5 Å². The maximum Gasteiger partial charge on any atom is 0.451 e. The molecule has 0 aliphatic carbocycles. The molecule has 0 atom stereocenters. The molecule has 6 nitrogen and oxygen atoms in total. The second kappa shape index (κ2) is 6.21. The molecule has 1 aromatic rings. The molecule has 0 fully saturated rings. The van der Waals surface area contributed by atoms with Crippen LogP contribution in [-0.2, 0) is 11.0 Å². The number of anilines is 2. The van der Waals surface area contributed by atoms with Gasteiger partial charge in [-0.05, 0) is 6.42 Å². The fourth-order valence-corrected chi connectivity index (χ4v) is 1.27. The zero-order valence-electron chi connectivity index (χ0n) is 10.2. The third-order valence-electron chi connectivity index (χ3n) is 2.14. The molecule has 1 aromatic heterocycles. The van der Waals surface area contributed by atoms with Gasteiger partial charge in [0.25, 0.3) is 0 Å². The van der Waals surface area contributed by atoms with E-state index in [1.165, 1.54) is 13.1 Å². The van der Waals surface area contributed by atoms with Crippen LogP contribution in [0.4, 0.5) is 24.8 Å². The van der Waals surface area contributed by atoms with E-state index in [-0.39, 0.29) is 18.1 Å². The number of hydrogen-bond acceptors (Lipinski definition) is 5. The lowest BCUT2D eigenvalue weighted by atomic mass is 10.3. The summed E-state index contributed by atoms with van der Waals surface area (Å²) in [5, 5.41) is 5.21. The second-order valence-electron chi connectivity index (χ2n) is 3.71. The Kier molecular flexibility index (Phi) is 4.90. The van der Waals surface area contributed by atoms with Gasteiger partial charge in [0.15, 0.2) is 0 Å². The zero-order valence-corrected chi connectivity index (χ0v) is 10.2. The normalized spacial score (nSPS) is 11.2. The van der Waals surface area contributed by atoms with Gasteiger partial charge in [0.05, 0.1) is 0 Å². The van der Waals surface area contributed by atoms with E-state index in [9.17, 15) is 18.0 Å². The number of carbonyl (C=O) groups excluding carboxylic acids is 1. The van der Waals surface area contributed by atoms with Gasteiger partial charge in [0.2, 0.25) is 11.7 Å². The summed E-state index contributed by atoms with van der Waals surface area (Å²) in [6.45, 7) is 0.292. The first-order chi connectivity index (χ1) is 8.82. The lowest BCUT2D eigenvalue weighted by Gasteiger charge is -2.11. The average Bonchev–Trinajstić information content (AvgIpc) is 2.33. The van der Waals surface area contributed by atoms with Crippen LogP contribution in [0, 0.1) is 0 Å². The Hall–Kier alpha value is -2.06. The van der Waals surface area contributed by atoms with E-state index in [4.69, 9.17) is 5.73 Å². The van der Waals surface area contributed by atoms with Gasteiger partial charge in [0.1, 0.15) is 11.6 Å². The lowest BCUT2D eigenvalue weighted by molar-refractivity contribution is -0.144. The second-order valence-corrected chi connectivity index (χ2v) is 3.71. The molecule has 1 heterocycles. The first kappa shape index (κ1) is 15.0. The molecule has 4 N–H and O–H groups in total. The summed E-state index contributed by atoms with van der Waals surface area (Å²) in [5.74, 6) is -1.59. The highest BCUT2D eigenvalue weighted by atomic mass is 19.4. The number of rotatable bonds is 6. The van der Waals surface area contributed by atoms with Gasteiger partial charge in [-0.2, -0.15) is 13.2 Å². The SMILES string of the molecule is CNc1cc(NCCCC(N)=O)nc(C(F)(F)F)n1. The van der Waals surface area contributed by atoms with Crippen LogP contribution in [0.2, 0.25) is 0 Å². The average molecular weight is 277 g/mol. The predicted molar refractivity (Wildman–Crippen MR) is 63.5 cm³/mol. The summed E-state index contributed by atoms with van der Waals surface area (Å²) >= 11 is 0. The highest BCUT2D eigenvalue weighted by Crippen LogP contribution is 2.28. The fourth-order valence-electron chi connectivity index (χ4n) is 1.27. The first-order valence-electron chi connectivity index (χ1n) is 5.49. The molecule has 0 radical (unpaired) electrons. The van der Waals surface area contributed by atoms with Crippen LogP contribution in [0.1, 0.15) is 18.7 Å². The molecular weight excluding hydrogens is 263 g/mol. The molecular formula is C10H14F3N5O. The number of amides is 1. The highest BCUT2D eigenvalue weighted by Gasteiger charge is 2.35. The standard InChI is InChI=1S/C10H14F3N5O/c1-15-7-5-8(16-4-2-3-6(14)19)18-9(17-7)10(11,12)13/h5H,2-4H2,1H3,(H2,14,19)(H2,15,16,17,18). The maximum absolute atomic E-state index is 12.5. The van der Waals surface area contributed by atoms with Gasteiger partial charge in [-0.25, -0.2) is 9.97 Å². The van der Waals surface area contributed by atoms with E-state index in [0.717, 1.165) is 0 Å². The summed E-state index contributed by atoms with van der Waals surface area (Å²) < 4.78 is 37.6. The molecule has 0 saturated heterocycles. The minimum Gasteiger partial charge on any atom is -0.373 e. The van der Waals surface area contributed by atoms with E-state index in [1.807, 2.05) is 0 Å². The Morgan fingerprint density at radius 3 is 2.53 bits per heavy atom. The molecule has 0 aromatic carbocycles. The topological polar surface area (TPSA) is 92.9 Å². The van der Waals surface area contributed by atoms with E-state index in [2.05, 4.69) is 20.6 Å². The number of nitrogens with zero attached hydrogens (tertiary/aromatic N) is 2. The molecule has 0 aliphatic rings. The third kappa shape index (κ3) is 4.98. The predicted octanol–water partition coefficient (Wildman–Crippen LogP) is 1.21. The molecule has 1 amide bonds. The van der Waals surface area contributed by atoms with Gasteiger partial charge in [-0.1, -0.05) is 0 Å². The molecule has 1 rings (SSSR count). The van der Waals surface area contributed by atoms with Gasteiger partial charge >= 0.3 is 6.18 Å². The van der Waals surface area contributed by atoms with Gasteiger partial charge < -0.3 is 16.4 Å². The molecule has 0 spiro atoms. The maximum atomic E-state index is 12.5. The number of halogens is 3. The number of hydrogen-bond donors (Lipinski definition) is 3. The molecule has 0 saturated carbocycles. The van der Waals surface area contributed by atoms with Crippen LogP contribution in [-0.4, -0.2) is 29.5 Å². The largest absolute Gasteiger partial charge is 0.451 e. The van der Waals surface area contributed by atoms with Crippen molar-refractivity contribution in [3.63, 3.8) is 0 Å².